The first-order valence-electron chi connectivity index (χ1n) is 10.2. The van der Waals surface area contributed by atoms with Gasteiger partial charge in [0.25, 0.3) is 5.84 Å². The molecule has 176 valence electrons. The molecule has 3 heterocycles. The van der Waals surface area contributed by atoms with Crippen LogP contribution in [0.15, 0.2) is 57.3 Å². The van der Waals surface area contributed by atoms with Crippen LogP contribution < -0.4 is 5.73 Å². The standard InChI is InChI=1S/C22H18F4N6O2/c1-12-8-14(9-16-18(12)28-10-34-16)17-19(13-2-4-15(23)5-3-13)29-21(27)32(33)11-31(30-20(17)32)7-6-22(24,25)26/h2-5,8-10H,6-7,11H2,1H3,(H2,27,29). The van der Waals surface area contributed by atoms with Crippen LogP contribution in [0.2, 0.25) is 0 Å². The summed E-state index contributed by atoms with van der Waals surface area (Å²) >= 11 is 0. The smallest absolute Gasteiger partial charge is 0.390 e. The van der Waals surface area contributed by atoms with Gasteiger partial charge in [-0.25, -0.2) is 19.0 Å². The van der Waals surface area contributed by atoms with Gasteiger partial charge in [0.2, 0.25) is 0 Å². The minimum Gasteiger partial charge on any atom is -0.617 e. The topological polar surface area (TPSA) is 103 Å². The fraction of sp³-hybridized carbons (Fsp3) is 0.227. The number of nitrogens with two attached hydrogens (primary N) is 1. The third-order valence-corrected chi connectivity index (χ3v) is 5.68. The van der Waals surface area contributed by atoms with Crippen LogP contribution >= 0.6 is 0 Å². The molecule has 34 heavy (non-hydrogen) atoms. The number of aromatic nitrogens is 1. The second kappa shape index (κ2) is 7.64. The molecule has 3 aromatic rings. The summed E-state index contributed by atoms with van der Waals surface area (Å²) in [7, 11) is 0. The molecule has 0 saturated heterocycles. The van der Waals surface area contributed by atoms with E-state index in [9.17, 15) is 22.8 Å². The minimum absolute atomic E-state index is 0.104. The molecule has 0 spiro atoms. The van der Waals surface area contributed by atoms with Crippen molar-refractivity contribution in [1.29, 1.82) is 0 Å². The maximum absolute atomic E-state index is 13.8. The minimum atomic E-state index is -4.41. The zero-order chi connectivity index (χ0) is 24.3. The lowest BCUT2D eigenvalue weighted by Gasteiger charge is -2.39. The number of hydrogen-bond acceptors (Lipinski definition) is 7. The van der Waals surface area contributed by atoms with Crippen molar-refractivity contribution >= 4 is 34.2 Å². The van der Waals surface area contributed by atoms with Crippen LogP contribution in [-0.4, -0.2) is 45.8 Å². The number of aliphatic imine (C=N–C) groups is 1. The predicted octanol–water partition coefficient (Wildman–Crippen LogP) is 4.33. The molecule has 8 nitrogen and oxygen atoms in total. The largest absolute Gasteiger partial charge is 0.617 e. The first kappa shape index (κ1) is 22.0. The third-order valence-electron chi connectivity index (χ3n) is 5.68. The predicted molar refractivity (Wildman–Crippen MR) is 117 cm³/mol. The van der Waals surface area contributed by atoms with E-state index in [1.54, 1.807) is 19.1 Å². The van der Waals surface area contributed by atoms with Gasteiger partial charge in [0.15, 0.2) is 18.6 Å². The van der Waals surface area contributed by atoms with Crippen LogP contribution in [-0.2, 0) is 0 Å². The molecule has 1 unspecified atom stereocenters. The molecule has 2 aliphatic rings. The van der Waals surface area contributed by atoms with E-state index in [1.165, 1.54) is 30.7 Å². The van der Waals surface area contributed by atoms with Crippen LogP contribution in [0.4, 0.5) is 17.6 Å². The number of amidine groups is 1. The monoisotopic (exact) mass is 474 g/mol. The number of benzene rings is 2. The third kappa shape index (κ3) is 3.70. The van der Waals surface area contributed by atoms with Crippen molar-refractivity contribution in [2.75, 3.05) is 13.2 Å². The molecule has 2 N–H and O–H groups in total. The zero-order valence-electron chi connectivity index (χ0n) is 17.8. The number of quaternary nitrogens is 1. The summed E-state index contributed by atoms with van der Waals surface area (Å²) in [5.41, 5.74) is 9.32. The molecule has 12 heteroatoms. The molecule has 0 fully saturated rings. The van der Waals surface area contributed by atoms with E-state index in [-0.39, 0.29) is 23.1 Å². The van der Waals surface area contributed by atoms with Crippen molar-refractivity contribution in [3.63, 3.8) is 0 Å². The number of nitrogens with zero attached hydrogens (tertiary/aromatic N) is 5. The molecule has 5 rings (SSSR count). The van der Waals surface area contributed by atoms with Crippen LogP contribution in [0.25, 0.3) is 22.4 Å². The maximum Gasteiger partial charge on any atom is 0.390 e. The highest BCUT2D eigenvalue weighted by molar-refractivity contribution is 6.31. The fourth-order valence-electron chi connectivity index (χ4n) is 4.05. The Labute approximate surface area is 190 Å². The van der Waals surface area contributed by atoms with Crippen LogP contribution in [0.1, 0.15) is 23.1 Å². The van der Waals surface area contributed by atoms with E-state index in [2.05, 4.69) is 15.1 Å². The lowest BCUT2D eigenvalue weighted by Crippen LogP contribution is -2.57. The number of alkyl halides is 3. The van der Waals surface area contributed by atoms with E-state index >= 15 is 0 Å². The van der Waals surface area contributed by atoms with Gasteiger partial charge in [0.1, 0.15) is 11.3 Å². The van der Waals surface area contributed by atoms with Gasteiger partial charge in [-0.05, 0) is 54.4 Å². The van der Waals surface area contributed by atoms with Gasteiger partial charge in [0.05, 0.1) is 24.2 Å². The zero-order valence-corrected chi connectivity index (χ0v) is 17.8. The number of hydrazone groups is 1. The summed E-state index contributed by atoms with van der Waals surface area (Å²) < 4.78 is 56.1. The van der Waals surface area contributed by atoms with Gasteiger partial charge in [0, 0.05) is 5.56 Å². The SMILES string of the molecule is Cc1cc(C2=C(c3ccc(F)cc3)N=C(N)[N+]3([O-])CN(CCC(F)(F)F)N=C23)cc2ocnc12. The Kier molecular flexibility index (Phi) is 4.95. The second-order valence-corrected chi connectivity index (χ2v) is 8.09. The van der Waals surface area contributed by atoms with E-state index < -0.39 is 36.3 Å². The van der Waals surface area contributed by atoms with Gasteiger partial charge in [-0.1, -0.05) is 0 Å². The Morgan fingerprint density at radius 2 is 1.91 bits per heavy atom. The number of guanidine groups is 1. The Bertz CT molecular complexity index is 1380. The number of hydroxylamine groups is 3. The van der Waals surface area contributed by atoms with E-state index in [4.69, 9.17) is 10.2 Å². The highest BCUT2D eigenvalue weighted by atomic mass is 19.4. The van der Waals surface area contributed by atoms with Gasteiger partial charge < -0.3 is 15.4 Å². The molecule has 0 amide bonds. The van der Waals surface area contributed by atoms with Crippen molar-refractivity contribution in [3.8, 4) is 0 Å². The van der Waals surface area contributed by atoms with Gasteiger partial charge in [-0.3, -0.25) is 0 Å². The van der Waals surface area contributed by atoms with Gasteiger partial charge in [-0.15, -0.1) is 5.10 Å². The number of halogens is 4. The summed E-state index contributed by atoms with van der Waals surface area (Å²) in [6, 6.07) is 8.82. The van der Waals surface area contributed by atoms with E-state index in [1.807, 2.05) is 0 Å². The molecule has 0 bridgehead atoms. The van der Waals surface area contributed by atoms with E-state index in [0.717, 1.165) is 10.6 Å². The first-order valence-corrected chi connectivity index (χ1v) is 10.2. The first-order chi connectivity index (χ1) is 16.0. The van der Waals surface area contributed by atoms with Crippen LogP contribution in [0, 0.1) is 17.9 Å². The van der Waals surface area contributed by atoms with Crippen molar-refractivity contribution in [2.24, 2.45) is 15.8 Å². The van der Waals surface area contributed by atoms with Gasteiger partial charge >= 0.3 is 12.1 Å². The quantitative estimate of drug-likeness (QED) is 0.345. The average molecular weight is 474 g/mol. The summed E-state index contributed by atoms with van der Waals surface area (Å²) in [4.78, 5) is 8.49. The van der Waals surface area contributed by atoms with Crippen LogP contribution in [0.5, 0.6) is 0 Å². The second-order valence-electron chi connectivity index (χ2n) is 8.09. The van der Waals surface area contributed by atoms with Gasteiger partial charge in [-0.2, -0.15) is 18.2 Å². The molecular formula is C22H18F4N6O2. The Balaban J connectivity index is 1.72. The summed E-state index contributed by atoms with van der Waals surface area (Å²) in [5, 5.41) is 19.1. The van der Waals surface area contributed by atoms with Crippen molar-refractivity contribution in [2.45, 2.75) is 19.5 Å². The van der Waals surface area contributed by atoms with Crippen molar-refractivity contribution in [1.82, 2.24) is 9.99 Å². The Morgan fingerprint density at radius 3 is 2.62 bits per heavy atom. The molecule has 0 saturated carbocycles. The summed E-state index contributed by atoms with van der Waals surface area (Å²) in [5.74, 6) is -0.955. The lowest BCUT2D eigenvalue weighted by atomic mass is 9.95. The fourth-order valence-corrected chi connectivity index (χ4v) is 4.05. The number of rotatable bonds is 4. The molecule has 0 aliphatic carbocycles. The molecule has 1 atom stereocenters. The average Bonchev–Trinajstić information content (AvgIpc) is 3.38. The highest BCUT2D eigenvalue weighted by Crippen LogP contribution is 2.40. The molecule has 1 aromatic heterocycles. The van der Waals surface area contributed by atoms with Crippen molar-refractivity contribution < 1.29 is 26.6 Å². The molecule has 0 radical (unpaired) electrons. The highest BCUT2D eigenvalue weighted by Gasteiger charge is 2.46. The summed E-state index contributed by atoms with van der Waals surface area (Å²) in [6.45, 7) is 0.838. The number of hydrogen-bond donors (Lipinski definition) is 1. The Hall–Kier alpha value is -3.77. The summed E-state index contributed by atoms with van der Waals surface area (Å²) in [6.07, 6.45) is -4.27. The number of oxazole rings is 1. The Morgan fingerprint density at radius 1 is 1.18 bits per heavy atom. The van der Waals surface area contributed by atoms with Crippen molar-refractivity contribution in [3.05, 3.63) is 70.5 Å². The maximum atomic E-state index is 13.8. The number of aryl methyl sites for hydroxylation is 1. The molecule has 2 aliphatic heterocycles. The van der Waals surface area contributed by atoms with E-state index in [0.29, 0.717) is 22.2 Å². The van der Waals surface area contributed by atoms with Crippen LogP contribution in [0.3, 0.4) is 0 Å². The molecular weight excluding hydrogens is 456 g/mol. The molecule has 2 aromatic carbocycles. The lowest BCUT2D eigenvalue weighted by molar-refractivity contribution is -0.695. The normalized spacial score (nSPS) is 20.6. The number of fused-ring (bicyclic) bond motifs is 2.